The summed E-state index contributed by atoms with van der Waals surface area (Å²) in [6.07, 6.45) is 7.33. The molecule has 3 fully saturated rings. The van der Waals surface area contributed by atoms with Gasteiger partial charge in [0.15, 0.2) is 0 Å². The number of anilines is 2. The highest BCUT2D eigenvalue weighted by atomic mass is 16.5. The molecule has 1 saturated carbocycles. The topological polar surface area (TPSA) is 70.7 Å². The summed E-state index contributed by atoms with van der Waals surface area (Å²) in [6, 6.07) is 5.90. The standard InChI is InChI=1S/C20H27N3O3/c1-26-18-12-14(8-9-17(18)23-10-4-7-19(23)24)21-20(25)16-11-13-5-2-3-6-15(13)22-16/h8-9,12-13,15-16,22H,2-7,10-11H2,1H3,(H,21,25). The van der Waals surface area contributed by atoms with Crippen molar-refractivity contribution in [1.29, 1.82) is 0 Å². The van der Waals surface area contributed by atoms with Gasteiger partial charge < -0.3 is 20.3 Å². The number of methoxy groups -OCH3 is 1. The van der Waals surface area contributed by atoms with Gasteiger partial charge in [0, 0.05) is 30.8 Å². The van der Waals surface area contributed by atoms with E-state index < -0.39 is 0 Å². The first-order chi connectivity index (χ1) is 12.7. The van der Waals surface area contributed by atoms with E-state index in [0.717, 1.165) is 25.1 Å². The highest BCUT2D eigenvalue weighted by Gasteiger charge is 2.38. The third-order valence-corrected chi connectivity index (χ3v) is 5.99. The maximum atomic E-state index is 12.7. The van der Waals surface area contributed by atoms with Gasteiger partial charge >= 0.3 is 0 Å². The number of nitrogens with one attached hydrogen (secondary N) is 2. The van der Waals surface area contributed by atoms with Gasteiger partial charge in [-0.1, -0.05) is 12.8 Å². The molecule has 0 aromatic heterocycles. The average Bonchev–Trinajstić information content (AvgIpc) is 3.27. The number of nitrogens with zero attached hydrogens (tertiary/aromatic N) is 1. The summed E-state index contributed by atoms with van der Waals surface area (Å²) < 4.78 is 5.47. The van der Waals surface area contributed by atoms with Crippen molar-refractivity contribution < 1.29 is 14.3 Å². The first-order valence-corrected chi connectivity index (χ1v) is 9.71. The maximum absolute atomic E-state index is 12.7. The van der Waals surface area contributed by atoms with Crippen LogP contribution in [-0.2, 0) is 9.59 Å². The Labute approximate surface area is 154 Å². The molecule has 0 spiro atoms. The van der Waals surface area contributed by atoms with Gasteiger partial charge in [-0.3, -0.25) is 9.59 Å². The lowest BCUT2D eigenvalue weighted by Gasteiger charge is -2.24. The van der Waals surface area contributed by atoms with Gasteiger partial charge in [-0.25, -0.2) is 0 Å². The molecule has 140 valence electrons. The molecule has 4 rings (SSSR count). The lowest BCUT2D eigenvalue weighted by atomic mass is 9.85. The molecule has 2 saturated heterocycles. The fourth-order valence-corrected chi connectivity index (χ4v) is 4.63. The molecular weight excluding hydrogens is 330 g/mol. The molecule has 6 nitrogen and oxygen atoms in total. The Morgan fingerprint density at radius 2 is 2.12 bits per heavy atom. The molecule has 2 amide bonds. The van der Waals surface area contributed by atoms with Crippen LogP contribution in [0.1, 0.15) is 44.9 Å². The molecule has 1 aromatic carbocycles. The zero-order valence-electron chi connectivity index (χ0n) is 15.3. The Kier molecular flexibility index (Phi) is 4.85. The molecular formula is C20H27N3O3. The van der Waals surface area contributed by atoms with Gasteiger partial charge in [0.05, 0.1) is 18.8 Å². The zero-order chi connectivity index (χ0) is 18.1. The van der Waals surface area contributed by atoms with Gasteiger partial charge in [-0.2, -0.15) is 0 Å². The fourth-order valence-electron chi connectivity index (χ4n) is 4.63. The van der Waals surface area contributed by atoms with Crippen LogP contribution < -0.4 is 20.3 Å². The molecule has 2 N–H and O–H groups in total. The van der Waals surface area contributed by atoms with E-state index in [-0.39, 0.29) is 17.9 Å². The third kappa shape index (κ3) is 3.30. The van der Waals surface area contributed by atoms with Crippen molar-refractivity contribution in [2.45, 2.75) is 57.0 Å². The molecule has 3 unspecified atom stereocenters. The molecule has 2 aliphatic heterocycles. The van der Waals surface area contributed by atoms with E-state index in [9.17, 15) is 9.59 Å². The monoisotopic (exact) mass is 357 g/mol. The molecule has 26 heavy (non-hydrogen) atoms. The maximum Gasteiger partial charge on any atom is 0.241 e. The molecule has 3 aliphatic rings. The van der Waals surface area contributed by atoms with Gasteiger partial charge in [-0.05, 0) is 43.7 Å². The van der Waals surface area contributed by atoms with E-state index in [1.54, 1.807) is 18.1 Å². The lowest BCUT2D eigenvalue weighted by Crippen LogP contribution is -2.39. The summed E-state index contributed by atoms with van der Waals surface area (Å²) in [5, 5.41) is 6.52. The fraction of sp³-hybridized carbons (Fsp3) is 0.600. The Balaban J connectivity index is 1.44. The van der Waals surface area contributed by atoms with Gasteiger partial charge in [0.25, 0.3) is 0 Å². The quantitative estimate of drug-likeness (QED) is 0.869. The Hall–Kier alpha value is -2.08. The summed E-state index contributed by atoms with van der Waals surface area (Å²) >= 11 is 0. The Morgan fingerprint density at radius 3 is 2.85 bits per heavy atom. The van der Waals surface area contributed by atoms with Crippen LogP contribution in [0, 0.1) is 5.92 Å². The normalized spacial score (nSPS) is 28.1. The molecule has 0 radical (unpaired) electrons. The summed E-state index contributed by atoms with van der Waals surface area (Å²) in [5.41, 5.74) is 1.48. The molecule has 3 atom stereocenters. The highest BCUT2D eigenvalue weighted by molar-refractivity contribution is 5.98. The van der Waals surface area contributed by atoms with Gasteiger partial charge in [-0.15, -0.1) is 0 Å². The smallest absolute Gasteiger partial charge is 0.241 e. The number of fused-ring (bicyclic) bond motifs is 1. The number of benzene rings is 1. The van der Waals surface area contributed by atoms with Crippen molar-refractivity contribution in [3.8, 4) is 5.75 Å². The van der Waals surface area contributed by atoms with Crippen molar-refractivity contribution >= 4 is 23.2 Å². The van der Waals surface area contributed by atoms with Crippen molar-refractivity contribution in [3.05, 3.63) is 18.2 Å². The van der Waals surface area contributed by atoms with E-state index in [2.05, 4.69) is 10.6 Å². The number of amides is 2. The van der Waals surface area contributed by atoms with Crippen LogP contribution in [0.2, 0.25) is 0 Å². The predicted molar refractivity (Wildman–Crippen MR) is 100 cm³/mol. The van der Waals surface area contributed by atoms with Gasteiger partial charge in [0.2, 0.25) is 11.8 Å². The minimum absolute atomic E-state index is 0.0199. The lowest BCUT2D eigenvalue weighted by molar-refractivity contribution is -0.118. The van der Waals surface area contributed by atoms with Crippen LogP contribution in [-0.4, -0.2) is 37.6 Å². The first kappa shape index (κ1) is 17.3. The van der Waals surface area contributed by atoms with Crippen LogP contribution >= 0.6 is 0 Å². The van der Waals surface area contributed by atoms with E-state index in [1.807, 2.05) is 12.1 Å². The van der Waals surface area contributed by atoms with E-state index in [4.69, 9.17) is 4.74 Å². The number of rotatable bonds is 4. The highest BCUT2D eigenvalue weighted by Crippen LogP contribution is 2.35. The second-order valence-electron chi connectivity index (χ2n) is 7.63. The molecule has 2 heterocycles. The van der Waals surface area contributed by atoms with E-state index in [1.165, 1.54) is 25.7 Å². The van der Waals surface area contributed by atoms with Crippen LogP contribution in [0.15, 0.2) is 18.2 Å². The van der Waals surface area contributed by atoms with Crippen LogP contribution in [0.4, 0.5) is 11.4 Å². The molecule has 1 aliphatic carbocycles. The second-order valence-corrected chi connectivity index (χ2v) is 7.63. The van der Waals surface area contributed by atoms with Crippen molar-refractivity contribution in [2.75, 3.05) is 23.9 Å². The van der Waals surface area contributed by atoms with Crippen molar-refractivity contribution in [1.82, 2.24) is 5.32 Å². The number of carbonyl (C=O) groups is 2. The summed E-state index contributed by atoms with van der Waals surface area (Å²) in [6.45, 7) is 0.718. The predicted octanol–water partition coefficient (Wildman–Crippen LogP) is 2.68. The third-order valence-electron chi connectivity index (χ3n) is 5.99. The largest absolute Gasteiger partial charge is 0.494 e. The summed E-state index contributed by atoms with van der Waals surface area (Å²) in [4.78, 5) is 26.4. The Bertz CT molecular complexity index is 692. The van der Waals surface area contributed by atoms with E-state index >= 15 is 0 Å². The van der Waals surface area contributed by atoms with Crippen LogP contribution in [0.3, 0.4) is 0 Å². The number of hydrogen-bond donors (Lipinski definition) is 2. The number of ether oxygens (including phenoxy) is 1. The minimum atomic E-state index is -0.117. The minimum Gasteiger partial charge on any atom is -0.494 e. The SMILES string of the molecule is COc1cc(NC(=O)C2CC3CCCCC3N2)ccc1N1CCCC1=O. The number of carbonyl (C=O) groups excluding carboxylic acids is 2. The van der Waals surface area contributed by atoms with Gasteiger partial charge in [0.1, 0.15) is 5.75 Å². The van der Waals surface area contributed by atoms with Crippen molar-refractivity contribution in [3.63, 3.8) is 0 Å². The Morgan fingerprint density at radius 1 is 1.27 bits per heavy atom. The summed E-state index contributed by atoms with van der Waals surface area (Å²) in [7, 11) is 1.59. The van der Waals surface area contributed by atoms with Crippen molar-refractivity contribution in [2.24, 2.45) is 5.92 Å². The average molecular weight is 357 g/mol. The molecule has 1 aromatic rings. The van der Waals surface area contributed by atoms with E-state index in [0.29, 0.717) is 29.8 Å². The second kappa shape index (κ2) is 7.27. The zero-order valence-corrected chi connectivity index (χ0v) is 15.3. The molecule has 6 heteroatoms. The molecule has 0 bridgehead atoms. The summed E-state index contributed by atoms with van der Waals surface area (Å²) in [5.74, 6) is 1.40. The first-order valence-electron chi connectivity index (χ1n) is 9.71. The number of hydrogen-bond acceptors (Lipinski definition) is 4. The van der Waals surface area contributed by atoms with Crippen LogP contribution in [0.25, 0.3) is 0 Å². The van der Waals surface area contributed by atoms with Crippen LogP contribution in [0.5, 0.6) is 5.75 Å².